The highest BCUT2D eigenvalue weighted by Crippen LogP contribution is 2.27. The van der Waals surface area contributed by atoms with Crippen molar-refractivity contribution in [2.75, 3.05) is 12.3 Å². The van der Waals surface area contributed by atoms with Crippen LogP contribution in [-0.2, 0) is 0 Å². The first-order valence-corrected chi connectivity index (χ1v) is 5.37. The van der Waals surface area contributed by atoms with Gasteiger partial charge in [-0.3, -0.25) is 0 Å². The zero-order chi connectivity index (χ0) is 10.6. The summed E-state index contributed by atoms with van der Waals surface area (Å²) >= 11 is 1.62. The fourth-order valence-corrected chi connectivity index (χ4v) is 1.99. The van der Waals surface area contributed by atoms with E-state index in [-0.39, 0.29) is 6.61 Å². The van der Waals surface area contributed by atoms with E-state index in [9.17, 15) is 0 Å². The number of nitrogens with two attached hydrogens (primary N) is 1. The molecule has 5 heteroatoms. The van der Waals surface area contributed by atoms with Crippen LogP contribution in [0.4, 0.5) is 5.82 Å². The molecular weight excluding hydrogens is 198 g/mol. The van der Waals surface area contributed by atoms with Crippen molar-refractivity contribution in [1.29, 1.82) is 0 Å². The molecule has 0 saturated heterocycles. The summed E-state index contributed by atoms with van der Waals surface area (Å²) in [6, 6.07) is 0. The Bertz CT molecular complexity index is 306. The van der Waals surface area contributed by atoms with E-state index in [1.54, 1.807) is 11.8 Å². The van der Waals surface area contributed by atoms with Crippen LogP contribution < -0.4 is 5.73 Å². The molecule has 4 nitrogen and oxygen atoms in total. The quantitative estimate of drug-likeness (QED) is 0.581. The number of aliphatic hydroxyl groups excluding tert-OH is 1. The van der Waals surface area contributed by atoms with E-state index in [1.165, 1.54) is 6.33 Å². The lowest BCUT2D eigenvalue weighted by atomic mass is 10.3. The second-order valence-electron chi connectivity index (χ2n) is 3.13. The molecule has 1 rings (SSSR count). The Hall–Kier alpha value is -0.810. The van der Waals surface area contributed by atoms with Gasteiger partial charge in [0.25, 0.3) is 0 Å². The molecule has 0 spiro atoms. The van der Waals surface area contributed by atoms with Gasteiger partial charge >= 0.3 is 0 Å². The molecule has 3 N–H and O–H groups in total. The third-order valence-electron chi connectivity index (χ3n) is 1.93. The number of aliphatic hydroxyl groups is 1. The van der Waals surface area contributed by atoms with Gasteiger partial charge in [0.2, 0.25) is 0 Å². The van der Waals surface area contributed by atoms with Crippen LogP contribution in [0.5, 0.6) is 0 Å². The van der Waals surface area contributed by atoms with Crippen molar-refractivity contribution < 1.29 is 5.11 Å². The summed E-state index contributed by atoms with van der Waals surface area (Å²) in [7, 11) is 0. The van der Waals surface area contributed by atoms with Crippen molar-refractivity contribution in [3.05, 3.63) is 11.9 Å². The van der Waals surface area contributed by atoms with Crippen molar-refractivity contribution >= 4 is 17.6 Å². The molecule has 0 aliphatic heterocycles. The normalized spacial score (nSPS) is 12.8. The molecular formula is C9H15N3OS. The Labute approximate surface area is 88.0 Å². The summed E-state index contributed by atoms with van der Waals surface area (Å²) in [6.45, 7) is 4.16. The van der Waals surface area contributed by atoms with Gasteiger partial charge in [-0.2, -0.15) is 0 Å². The van der Waals surface area contributed by atoms with Gasteiger partial charge < -0.3 is 10.8 Å². The molecule has 0 saturated carbocycles. The Morgan fingerprint density at radius 3 is 2.93 bits per heavy atom. The van der Waals surface area contributed by atoms with Crippen LogP contribution in [0.25, 0.3) is 0 Å². The highest BCUT2D eigenvalue weighted by Gasteiger charge is 2.09. The minimum Gasteiger partial charge on any atom is -0.396 e. The minimum absolute atomic E-state index is 0.202. The Kier molecular flexibility index (Phi) is 4.16. The number of anilines is 1. The van der Waals surface area contributed by atoms with E-state index in [0.29, 0.717) is 11.1 Å². The standard InChI is InChI=1S/C9H15N3OS/c1-6(3-4-13)14-9-7(2)8(10)11-5-12-9/h5-6,13H,3-4H2,1-2H3,(H2,10,11,12). The van der Waals surface area contributed by atoms with Crippen LogP contribution in [0.1, 0.15) is 18.9 Å². The fourth-order valence-electron chi connectivity index (χ4n) is 0.997. The number of hydrogen-bond donors (Lipinski definition) is 2. The molecule has 1 atom stereocenters. The smallest absolute Gasteiger partial charge is 0.130 e. The summed E-state index contributed by atoms with van der Waals surface area (Å²) in [6.07, 6.45) is 2.23. The molecule has 14 heavy (non-hydrogen) atoms. The molecule has 0 aliphatic rings. The van der Waals surface area contributed by atoms with Gasteiger partial charge in [-0.25, -0.2) is 9.97 Å². The number of thioether (sulfide) groups is 1. The molecule has 0 radical (unpaired) electrons. The molecule has 0 amide bonds. The van der Waals surface area contributed by atoms with Crippen LogP contribution in [0.3, 0.4) is 0 Å². The molecule has 78 valence electrons. The van der Waals surface area contributed by atoms with E-state index >= 15 is 0 Å². The summed E-state index contributed by atoms with van der Waals surface area (Å²) in [5.74, 6) is 0.527. The monoisotopic (exact) mass is 213 g/mol. The van der Waals surface area contributed by atoms with Gasteiger partial charge in [0, 0.05) is 17.4 Å². The van der Waals surface area contributed by atoms with Gasteiger partial charge in [0.05, 0.1) is 0 Å². The van der Waals surface area contributed by atoms with Crippen molar-refractivity contribution in [1.82, 2.24) is 9.97 Å². The number of rotatable bonds is 4. The maximum absolute atomic E-state index is 8.77. The van der Waals surface area contributed by atoms with Crippen molar-refractivity contribution in [3.8, 4) is 0 Å². The van der Waals surface area contributed by atoms with Crippen molar-refractivity contribution in [3.63, 3.8) is 0 Å². The van der Waals surface area contributed by atoms with E-state index in [4.69, 9.17) is 10.8 Å². The maximum Gasteiger partial charge on any atom is 0.130 e. The van der Waals surface area contributed by atoms with E-state index < -0.39 is 0 Å². The predicted molar refractivity (Wildman–Crippen MR) is 58.2 cm³/mol. The maximum atomic E-state index is 8.77. The molecule has 1 aromatic rings. The average molecular weight is 213 g/mol. The number of nitrogen functional groups attached to an aromatic ring is 1. The third-order valence-corrected chi connectivity index (χ3v) is 3.20. The van der Waals surface area contributed by atoms with Gasteiger partial charge in [0.1, 0.15) is 17.2 Å². The van der Waals surface area contributed by atoms with Crippen LogP contribution in [-0.4, -0.2) is 26.9 Å². The summed E-state index contributed by atoms with van der Waals surface area (Å²) in [5.41, 5.74) is 6.58. The van der Waals surface area contributed by atoms with Crippen LogP contribution in [0.2, 0.25) is 0 Å². The summed E-state index contributed by atoms with van der Waals surface area (Å²) < 4.78 is 0. The molecule has 1 heterocycles. The Morgan fingerprint density at radius 2 is 2.29 bits per heavy atom. The first-order chi connectivity index (χ1) is 6.65. The predicted octanol–water partition coefficient (Wildman–Crippen LogP) is 1.23. The minimum atomic E-state index is 0.202. The summed E-state index contributed by atoms with van der Waals surface area (Å²) in [4.78, 5) is 8.05. The second kappa shape index (κ2) is 5.17. The molecule has 0 fully saturated rings. The zero-order valence-corrected chi connectivity index (χ0v) is 9.21. The van der Waals surface area contributed by atoms with Crippen LogP contribution in [0, 0.1) is 6.92 Å². The van der Waals surface area contributed by atoms with E-state index in [0.717, 1.165) is 17.0 Å². The number of nitrogens with zero attached hydrogens (tertiary/aromatic N) is 2. The molecule has 1 aromatic heterocycles. The lowest BCUT2D eigenvalue weighted by Crippen LogP contribution is -2.03. The van der Waals surface area contributed by atoms with Crippen molar-refractivity contribution in [2.24, 2.45) is 0 Å². The third kappa shape index (κ3) is 2.85. The lowest BCUT2D eigenvalue weighted by Gasteiger charge is -2.10. The molecule has 0 aromatic carbocycles. The Morgan fingerprint density at radius 1 is 1.57 bits per heavy atom. The first-order valence-electron chi connectivity index (χ1n) is 4.49. The van der Waals surface area contributed by atoms with Crippen molar-refractivity contribution in [2.45, 2.75) is 30.5 Å². The molecule has 1 unspecified atom stereocenters. The number of aromatic nitrogens is 2. The largest absolute Gasteiger partial charge is 0.396 e. The first kappa shape index (κ1) is 11.3. The Balaban J connectivity index is 2.71. The SMILES string of the molecule is Cc1c(N)ncnc1SC(C)CCO. The highest BCUT2D eigenvalue weighted by molar-refractivity contribution is 7.99. The van der Waals surface area contributed by atoms with Gasteiger partial charge in [-0.1, -0.05) is 6.92 Å². The van der Waals surface area contributed by atoms with E-state index in [1.807, 2.05) is 6.92 Å². The van der Waals surface area contributed by atoms with Gasteiger partial charge in [-0.15, -0.1) is 11.8 Å². The lowest BCUT2D eigenvalue weighted by molar-refractivity contribution is 0.289. The van der Waals surface area contributed by atoms with E-state index in [2.05, 4.69) is 16.9 Å². The molecule has 0 aliphatic carbocycles. The van der Waals surface area contributed by atoms with Crippen LogP contribution >= 0.6 is 11.8 Å². The molecule has 0 bridgehead atoms. The highest BCUT2D eigenvalue weighted by atomic mass is 32.2. The summed E-state index contributed by atoms with van der Waals surface area (Å²) in [5, 5.41) is 10.0. The van der Waals surface area contributed by atoms with Crippen LogP contribution in [0.15, 0.2) is 11.4 Å². The zero-order valence-electron chi connectivity index (χ0n) is 8.40. The van der Waals surface area contributed by atoms with Gasteiger partial charge in [0.15, 0.2) is 0 Å². The second-order valence-corrected chi connectivity index (χ2v) is 4.56. The number of hydrogen-bond acceptors (Lipinski definition) is 5. The fraction of sp³-hybridized carbons (Fsp3) is 0.556. The topological polar surface area (TPSA) is 72.0 Å². The average Bonchev–Trinajstić information content (AvgIpc) is 2.13. The van der Waals surface area contributed by atoms with Gasteiger partial charge in [-0.05, 0) is 13.3 Å².